The number of rotatable bonds is 6. The molecule has 2 amide bonds. The van der Waals surface area contributed by atoms with Gasteiger partial charge in [-0.15, -0.1) is 10.2 Å². The highest BCUT2D eigenvalue weighted by atomic mass is 32.1. The van der Waals surface area contributed by atoms with Crippen molar-refractivity contribution in [3.05, 3.63) is 59.1 Å². The largest absolute Gasteiger partial charge is 0.497 e. The molecule has 3 aromatic rings. The van der Waals surface area contributed by atoms with Gasteiger partial charge in [-0.05, 0) is 43.3 Å². The van der Waals surface area contributed by atoms with E-state index in [1.165, 1.54) is 11.3 Å². The van der Waals surface area contributed by atoms with Gasteiger partial charge in [0.15, 0.2) is 5.01 Å². The molecular formula is C18H18N4O3S. The molecule has 0 atom stereocenters. The number of ether oxygens (including phenoxy) is 2. The Morgan fingerprint density at radius 2 is 1.69 bits per heavy atom. The van der Waals surface area contributed by atoms with Gasteiger partial charge in [-0.2, -0.15) is 0 Å². The van der Waals surface area contributed by atoms with Crippen LogP contribution in [0.4, 0.5) is 15.6 Å². The van der Waals surface area contributed by atoms with Crippen molar-refractivity contribution in [2.75, 3.05) is 17.7 Å². The lowest BCUT2D eigenvalue weighted by Crippen LogP contribution is -2.19. The third-order valence-corrected chi connectivity index (χ3v) is 4.23. The molecule has 0 radical (unpaired) electrons. The summed E-state index contributed by atoms with van der Waals surface area (Å²) in [5.41, 5.74) is 1.84. The van der Waals surface area contributed by atoms with E-state index in [-0.39, 0.29) is 12.6 Å². The van der Waals surface area contributed by atoms with Crippen LogP contribution in [0.1, 0.15) is 10.6 Å². The summed E-state index contributed by atoms with van der Waals surface area (Å²) in [5.74, 6) is 1.46. The van der Waals surface area contributed by atoms with E-state index in [2.05, 4.69) is 20.8 Å². The summed E-state index contributed by atoms with van der Waals surface area (Å²) in [7, 11) is 1.61. The Labute approximate surface area is 155 Å². The van der Waals surface area contributed by atoms with Crippen molar-refractivity contribution in [2.45, 2.75) is 13.5 Å². The van der Waals surface area contributed by atoms with Gasteiger partial charge in [-0.3, -0.25) is 5.32 Å². The standard InChI is InChI=1S/C18H18N4O3S/c1-12-3-5-13(6-4-12)19-17(23)20-18-22-21-16(26-18)11-25-15-9-7-14(24-2)8-10-15/h3-10H,11H2,1-2H3,(H2,19,20,22,23). The Morgan fingerprint density at radius 3 is 2.38 bits per heavy atom. The summed E-state index contributed by atoms with van der Waals surface area (Å²) in [6.45, 7) is 2.26. The molecule has 2 aromatic carbocycles. The van der Waals surface area contributed by atoms with Crippen molar-refractivity contribution >= 4 is 28.2 Å². The lowest BCUT2D eigenvalue weighted by molar-refractivity contribution is 0.262. The van der Waals surface area contributed by atoms with Crippen LogP contribution in [0, 0.1) is 6.92 Å². The molecule has 0 saturated carbocycles. The van der Waals surface area contributed by atoms with Gasteiger partial charge in [0.05, 0.1) is 7.11 Å². The minimum Gasteiger partial charge on any atom is -0.497 e. The zero-order valence-electron chi connectivity index (χ0n) is 14.4. The third-order valence-electron chi connectivity index (χ3n) is 3.42. The lowest BCUT2D eigenvalue weighted by atomic mass is 10.2. The summed E-state index contributed by atoms with van der Waals surface area (Å²) < 4.78 is 10.7. The fourth-order valence-corrected chi connectivity index (χ4v) is 2.72. The molecule has 0 aliphatic rings. The van der Waals surface area contributed by atoms with Crippen LogP contribution < -0.4 is 20.1 Å². The van der Waals surface area contributed by atoms with E-state index in [0.717, 1.165) is 11.3 Å². The molecule has 0 fully saturated rings. The number of carbonyl (C=O) groups is 1. The third kappa shape index (κ3) is 4.93. The number of aryl methyl sites for hydroxylation is 1. The van der Waals surface area contributed by atoms with E-state index >= 15 is 0 Å². The molecule has 0 unspecified atom stereocenters. The smallest absolute Gasteiger partial charge is 0.325 e. The highest BCUT2D eigenvalue weighted by molar-refractivity contribution is 7.15. The van der Waals surface area contributed by atoms with Crippen molar-refractivity contribution < 1.29 is 14.3 Å². The maximum Gasteiger partial charge on any atom is 0.325 e. The number of benzene rings is 2. The maximum atomic E-state index is 12.0. The number of hydrogen-bond donors (Lipinski definition) is 2. The Morgan fingerprint density at radius 1 is 1.00 bits per heavy atom. The number of methoxy groups -OCH3 is 1. The van der Waals surface area contributed by atoms with Crippen LogP contribution in [-0.4, -0.2) is 23.3 Å². The van der Waals surface area contributed by atoms with Crippen LogP contribution in [0.5, 0.6) is 11.5 Å². The van der Waals surface area contributed by atoms with Crippen molar-refractivity contribution in [2.24, 2.45) is 0 Å². The fourth-order valence-electron chi connectivity index (χ4n) is 2.08. The van der Waals surface area contributed by atoms with E-state index in [0.29, 0.717) is 21.6 Å². The molecule has 2 N–H and O–H groups in total. The molecule has 8 heteroatoms. The van der Waals surface area contributed by atoms with Crippen molar-refractivity contribution in [1.82, 2.24) is 10.2 Å². The Kier molecular flexibility index (Phi) is 5.65. The summed E-state index contributed by atoms with van der Waals surface area (Å²) in [6.07, 6.45) is 0. The number of amides is 2. The SMILES string of the molecule is COc1ccc(OCc2nnc(NC(=O)Nc3ccc(C)cc3)s2)cc1. The first-order valence-corrected chi connectivity index (χ1v) is 8.68. The summed E-state index contributed by atoms with van der Waals surface area (Å²) in [6, 6.07) is 14.4. The van der Waals surface area contributed by atoms with Crippen LogP contribution in [0.2, 0.25) is 0 Å². The molecule has 0 saturated heterocycles. The first kappa shape index (κ1) is 17.7. The predicted octanol–water partition coefficient (Wildman–Crippen LogP) is 4.08. The van der Waals surface area contributed by atoms with Crippen molar-refractivity contribution in [3.63, 3.8) is 0 Å². The number of hydrogen-bond acceptors (Lipinski definition) is 6. The normalized spacial score (nSPS) is 10.2. The summed E-state index contributed by atoms with van der Waals surface area (Å²) in [4.78, 5) is 12.0. The average Bonchev–Trinajstić information content (AvgIpc) is 3.09. The van der Waals surface area contributed by atoms with Crippen LogP contribution in [0.3, 0.4) is 0 Å². The number of anilines is 2. The van der Waals surface area contributed by atoms with E-state index in [4.69, 9.17) is 9.47 Å². The van der Waals surface area contributed by atoms with E-state index < -0.39 is 0 Å². The number of aromatic nitrogens is 2. The van der Waals surface area contributed by atoms with E-state index in [1.54, 1.807) is 7.11 Å². The molecule has 3 rings (SSSR count). The van der Waals surface area contributed by atoms with Crippen molar-refractivity contribution in [3.8, 4) is 11.5 Å². The van der Waals surface area contributed by atoms with Crippen molar-refractivity contribution in [1.29, 1.82) is 0 Å². The molecule has 0 aliphatic carbocycles. The number of nitrogens with one attached hydrogen (secondary N) is 2. The summed E-state index contributed by atoms with van der Waals surface area (Å²) >= 11 is 1.26. The zero-order chi connectivity index (χ0) is 18.4. The Bertz CT molecular complexity index is 863. The molecule has 7 nitrogen and oxygen atoms in total. The topological polar surface area (TPSA) is 85.4 Å². The van der Waals surface area contributed by atoms with Gasteiger partial charge in [0, 0.05) is 5.69 Å². The minimum absolute atomic E-state index is 0.269. The van der Waals surface area contributed by atoms with Gasteiger partial charge in [0.2, 0.25) is 5.13 Å². The second-order valence-electron chi connectivity index (χ2n) is 5.41. The molecule has 0 aliphatic heterocycles. The average molecular weight is 370 g/mol. The first-order valence-electron chi connectivity index (χ1n) is 7.86. The van der Waals surface area contributed by atoms with Gasteiger partial charge >= 0.3 is 6.03 Å². The maximum absolute atomic E-state index is 12.0. The monoisotopic (exact) mass is 370 g/mol. The molecule has 1 aromatic heterocycles. The van der Waals surface area contributed by atoms with Crippen LogP contribution in [0.25, 0.3) is 0 Å². The van der Waals surface area contributed by atoms with Gasteiger partial charge in [0.1, 0.15) is 18.1 Å². The quantitative estimate of drug-likeness (QED) is 0.683. The van der Waals surface area contributed by atoms with Crippen LogP contribution in [-0.2, 0) is 6.61 Å². The second kappa shape index (κ2) is 8.30. The van der Waals surface area contributed by atoms with Gasteiger partial charge in [-0.25, -0.2) is 4.79 Å². The zero-order valence-corrected chi connectivity index (χ0v) is 15.2. The molecule has 0 bridgehead atoms. The van der Waals surface area contributed by atoms with Crippen LogP contribution in [0.15, 0.2) is 48.5 Å². The molecule has 1 heterocycles. The Balaban J connectivity index is 1.50. The number of carbonyl (C=O) groups excluding carboxylic acids is 1. The highest BCUT2D eigenvalue weighted by Gasteiger charge is 2.09. The number of urea groups is 1. The van der Waals surface area contributed by atoms with Gasteiger partial charge in [-0.1, -0.05) is 29.0 Å². The highest BCUT2D eigenvalue weighted by Crippen LogP contribution is 2.21. The predicted molar refractivity (Wildman–Crippen MR) is 101 cm³/mol. The fraction of sp³-hybridized carbons (Fsp3) is 0.167. The lowest BCUT2D eigenvalue weighted by Gasteiger charge is -2.05. The Hall–Kier alpha value is -3.13. The van der Waals surface area contributed by atoms with E-state index in [1.807, 2.05) is 55.5 Å². The number of nitrogens with zero attached hydrogens (tertiary/aromatic N) is 2. The first-order chi connectivity index (χ1) is 12.6. The molecule has 0 spiro atoms. The van der Waals surface area contributed by atoms with Gasteiger partial charge in [0.25, 0.3) is 0 Å². The molecule has 134 valence electrons. The second-order valence-corrected chi connectivity index (χ2v) is 6.47. The molecule has 26 heavy (non-hydrogen) atoms. The van der Waals surface area contributed by atoms with Gasteiger partial charge < -0.3 is 14.8 Å². The van der Waals surface area contributed by atoms with E-state index in [9.17, 15) is 4.79 Å². The van der Waals surface area contributed by atoms with Crippen LogP contribution >= 0.6 is 11.3 Å². The summed E-state index contributed by atoms with van der Waals surface area (Å²) in [5, 5.41) is 14.4. The molecular weight excluding hydrogens is 352 g/mol. The minimum atomic E-state index is -0.368.